The molecule has 2 unspecified atom stereocenters. The molecule has 0 aromatic heterocycles. The monoisotopic (exact) mass is 764 g/mol. The predicted molar refractivity (Wildman–Crippen MR) is 235 cm³/mol. The van der Waals surface area contributed by atoms with Gasteiger partial charge in [0, 0.05) is 18.4 Å². The van der Waals surface area contributed by atoms with E-state index in [1.54, 1.807) is 0 Å². The Balaban J connectivity index is 1.62. The van der Waals surface area contributed by atoms with E-state index in [9.17, 15) is 15.3 Å². The Hall–Kier alpha value is -5.26. The molecule has 0 aliphatic rings. The van der Waals surface area contributed by atoms with Crippen molar-refractivity contribution in [2.45, 2.75) is 115 Å². The smallest absolute Gasteiger partial charge is 0.196 e. The first-order valence-electron chi connectivity index (χ1n) is 20.2. The van der Waals surface area contributed by atoms with E-state index in [2.05, 4.69) is 102 Å². The minimum atomic E-state index is -0.368. The highest BCUT2D eigenvalue weighted by Crippen LogP contribution is 2.46. The summed E-state index contributed by atoms with van der Waals surface area (Å²) in [7, 11) is 0. The van der Waals surface area contributed by atoms with Crippen molar-refractivity contribution in [3.8, 4) is 23.0 Å². The lowest BCUT2D eigenvalue weighted by Crippen LogP contribution is -2.18. The van der Waals surface area contributed by atoms with E-state index in [0.29, 0.717) is 23.9 Å². The number of ether oxygens (including phenoxy) is 2. The summed E-state index contributed by atoms with van der Waals surface area (Å²) < 4.78 is 12.1. The standard InChI is InChI=1S/C52H60O5/c1-15-56-38(14)57-52-29(5)23-46(33(9)37(52)13)48(45-22-28(4)51(55)36(12)32(45)8)41-19-17-39-16-18-40(24-42(39)25-41)47(43-20-26(2)49(53)34(10)30(43)6)44-21-27(3)50(54)35(11)31(44)7/h16-25,38,47-48,53-55H,15H2,1-14H3. The van der Waals surface area contributed by atoms with Crippen LogP contribution in [0.25, 0.3) is 10.8 Å². The van der Waals surface area contributed by atoms with Crippen molar-refractivity contribution in [3.63, 3.8) is 0 Å². The molecule has 0 heterocycles. The lowest BCUT2D eigenvalue weighted by atomic mass is 9.76. The molecular weight excluding hydrogens is 705 g/mol. The number of phenolic OH excluding ortho intramolecular Hbond substituents is 3. The zero-order valence-corrected chi connectivity index (χ0v) is 36.4. The molecule has 5 heteroatoms. The number of phenols is 3. The van der Waals surface area contributed by atoms with Crippen molar-refractivity contribution < 1.29 is 24.8 Å². The Morgan fingerprint density at radius 3 is 1.16 bits per heavy atom. The summed E-state index contributed by atoms with van der Waals surface area (Å²) in [5.41, 5.74) is 18.6. The van der Waals surface area contributed by atoms with Gasteiger partial charge in [-0.2, -0.15) is 0 Å². The fourth-order valence-corrected chi connectivity index (χ4v) is 8.90. The maximum atomic E-state index is 11.0. The first kappa shape index (κ1) is 41.4. The maximum Gasteiger partial charge on any atom is 0.196 e. The van der Waals surface area contributed by atoms with Gasteiger partial charge in [0.25, 0.3) is 0 Å². The van der Waals surface area contributed by atoms with Crippen LogP contribution in [0.1, 0.15) is 126 Å². The van der Waals surface area contributed by atoms with Crippen LogP contribution in [0.5, 0.6) is 23.0 Å². The molecule has 0 amide bonds. The lowest BCUT2D eigenvalue weighted by Gasteiger charge is -2.28. The van der Waals surface area contributed by atoms with Crippen LogP contribution in [0.15, 0.2) is 60.7 Å². The van der Waals surface area contributed by atoms with Crippen molar-refractivity contribution in [1.29, 1.82) is 0 Å². The van der Waals surface area contributed by atoms with E-state index in [1.165, 1.54) is 5.56 Å². The Bertz CT molecular complexity index is 2480. The lowest BCUT2D eigenvalue weighted by molar-refractivity contribution is -0.0620. The van der Waals surface area contributed by atoms with Gasteiger partial charge in [0.15, 0.2) is 6.29 Å². The molecule has 6 aromatic rings. The minimum absolute atomic E-state index is 0.128. The molecule has 0 bridgehead atoms. The van der Waals surface area contributed by atoms with Crippen LogP contribution in [-0.2, 0) is 4.74 Å². The molecule has 5 nitrogen and oxygen atoms in total. The third-order valence-electron chi connectivity index (χ3n) is 12.8. The van der Waals surface area contributed by atoms with Gasteiger partial charge in [-0.15, -0.1) is 0 Å². The number of rotatable bonds is 10. The summed E-state index contributed by atoms with van der Waals surface area (Å²) in [5.74, 6) is 1.58. The Morgan fingerprint density at radius 2 is 0.789 bits per heavy atom. The molecule has 298 valence electrons. The molecule has 0 saturated carbocycles. The second-order valence-electron chi connectivity index (χ2n) is 16.4. The van der Waals surface area contributed by atoms with Crippen LogP contribution in [-0.4, -0.2) is 28.2 Å². The summed E-state index contributed by atoms with van der Waals surface area (Å²) in [6.07, 6.45) is -0.368. The molecule has 2 atom stereocenters. The largest absolute Gasteiger partial charge is 0.507 e. The predicted octanol–water partition coefficient (Wildman–Crippen LogP) is 12.8. The van der Waals surface area contributed by atoms with Crippen LogP contribution >= 0.6 is 0 Å². The highest BCUT2D eigenvalue weighted by Gasteiger charge is 2.28. The Morgan fingerprint density at radius 1 is 0.439 bits per heavy atom. The molecule has 6 aromatic carbocycles. The van der Waals surface area contributed by atoms with Crippen molar-refractivity contribution >= 4 is 10.8 Å². The average molecular weight is 765 g/mol. The minimum Gasteiger partial charge on any atom is -0.507 e. The molecule has 0 aliphatic heterocycles. The first-order chi connectivity index (χ1) is 26.9. The highest BCUT2D eigenvalue weighted by molar-refractivity contribution is 5.85. The number of aromatic hydroxyl groups is 3. The fraction of sp³-hybridized carbons (Fsp3) is 0.346. The topological polar surface area (TPSA) is 79.2 Å². The van der Waals surface area contributed by atoms with E-state index >= 15 is 0 Å². The molecule has 57 heavy (non-hydrogen) atoms. The van der Waals surface area contributed by atoms with Gasteiger partial charge in [0.05, 0.1) is 0 Å². The zero-order chi connectivity index (χ0) is 41.8. The molecular formula is C52H60O5. The highest BCUT2D eigenvalue weighted by atomic mass is 16.7. The number of hydrogen-bond donors (Lipinski definition) is 3. The quantitative estimate of drug-likeness (QED) is 0.0956. The number of fused-ring (bicyclic) bond motifs is 1. The fourth-order valence-electron chi connectivity index (χ4n) is 8.90. The van der Waals surface area contributed by atoms with Gasteiger partial charge in [-0.25, -0.2) is 0 Å². The SMILES string of the molecule is CCOC(C)Oc1c(C)cc(C(c2ccc3ccc(C(c4cc(C)c(O)c(C)c4C)c4cc(C)c(O)c(C)c4C)cc3c2)c2cc(C)c(O)c(C)c2C)c(C)c1C. The number of aryl methyl sites for hydroxylation is 4. The third-order valence-corrected chi connectivity index (χ3v) is 12.8. The van der Waals surface area contributed by atoms with Gasteiger partial charge in [-0.1, -0.05) is 60.7 Å². The van der Waals surface area contributed by atoms with Crippen LogP contribution < -0.4 is 4.74 Å². The molecule has 0 aliphatic carbocycles. The van der Waals surface area contributed by atoms with Crippen molar-refractivity contribution in [2.75, 3.05) is 6.61 Å². The third kappa shape index (κ3) is 7.39. The van der Waals surface area contributed by atoms with Gasteiger partial charge in [0.2, 0.25) is 0 Å². The maximum absolute atomic E-state index is 11.0. The molecule has 6 rings (SSSR count). The van der Waals surface area contributed by atoms with Crippen LogP contribution in [0.4, 0.5) is 0 Å². The zero-order valence-electron chi connectivity index (χ0n) is 36.4. The van der Waals surface area contributed by atoms with E-state index in [-0.39, 0.29) is 18.1 Å². The average Bonchev–Trinajstić information content (AvgIpc) is 3.18. The van der Waals surface area contributed by atoms with E-state index in [4.69, 9.17) is 9.47 Å². The van der Waals surface area contributed by atoms with Gasteiger partial charge in [-0.05, 0) is 208 Å². The van der Waals surface area contributed by atoms with Crippen LogP contribution in [0.2, 0.25) is 0 Å². The van der Waals surface area contributed by atoms with Crippen molar-refractivity contribution in [1.82, 2.24) is 0 Å². The number of hydrogen-bond acceptors (Lipinski definition) is 5. The summed E-state index contributed by atoms with van der Waals surface area (Å²) >= 11 is 0. The van der Waals surface area contributed by atoms with Gasteiger partial charge in [-0.3, -0.25) is 0 Å². The summed E-state index contributed by atoms with van der Waals surface area (Å²) in [6.45, 7) is 29.1. The normalized spacial score (nSPS) is 12.8. The van der Waals surface area contributed by atoms with E-state index in [0.717, 1.165) is 111 Å². The molecule has 0 fully saturated rings. The first-order valence-corrected chi connectivity index (χ1v) is 20.2. The molecule has 0 saturated heterocycles. The molecule has 0 radical (unpaired) electrons. The number of benzene rings is 6. The van der Waals surface area contributed by atoms with Crippen LogP contribution in [0, 0.1) is 83.1 Å². The van der Waals surface area contributed by atoms with Crippen molar-refractivity contribution in [2.24, 2.45) is 0 Å². The van der Waals surface area contributed by atoms with Gasteiger partial charge >= 0.3 is 0 Å². The Kier molecular flexibility index (Phi) is 11.6. The van der Waals surface area contributed by atoms with E-state index < -0.39 is 0 Å². The second-order valence-corrected chi connectivity index (χ2v) is 16.4. The van der Waals surface area contributed by atoms with Crippen molar-refractivity contribution in [3.05, 3.63) is 161 Å². The molecule has 0 spiro atoms. The summed E-state index contributed by atoms with van der Waals surface area (Å²) in [6, 6.07) is 22.3. The van der Waals surface area contributed by atoms with Gasteiger partial charge in [0.1, 0.15) is 23.0 Å². The summed E-state index contributed by atoms with van der Waals surface area (Å²) in [4.78, 5) is 0. The Labute approximate surface area is 340 Å². The van der Waals surface area contributed by atoms with Gasteiger partial charge < -0.3 is 24.8 Å². The van der Waals surface area contributed by atoms with Crippen LogP contribution in [0.3, 0.4) is 0 Å². The molecule has 3 N–H and O–H groups in total. The summed E-state index contributed by atoms with van der Waals surface area (Å²) in [5, 5.41) is 35.2. The second kappa shape index (κ2) is 15.9. The van der Waals surface area contributed by atoms with E-state index in [1.807, 2.05) is 55.4 Å².